The van der Waals surface area contributed by atoms with Crippen molar-refractivity contribution < 1.29 is 14.3 Å². The summed E-state index contributed by atoms with van der Waals surface area (Å²) < 4.78 is 15.2. The predicted molar refractivity (Wildman–Crippen MR) is 61.6 cm³/mol. The minimum Gasteiger partial charge on any atom is -0.478 e. The summed E-state index contributed by atoms with van der Waals surface area (Å²) in [6.07, 6.45) is 1.66. The van der Waals surface area contributed by atoms with E-state index in [1.807, 2.05) is 0 Å². The second-order valence-corrected chi connectivity index (χ2v) is 3.84. The number of carboxylic acid groups (broad SMARTS) is 1. The van der Waals surface area contributed by atoms with Gasteiger partial charge in [0.1, 0.15) is 5.82 Å². The Morgan fingerprint density at radius 1 is 1.35 bits per heavy atom. The molecule has 1 N–H and O–H groups in total. The molecule has 1 aromatic heterocycles. The number of carbonyl (C=O) groups is 1. The van der Waals surface area contributed by atoms with Gasteiger partial charge in [0.15, 0.2) is 0 Å². The van der Waals surface area contributed by atoms with Gasteiger partial charge in [-0.3, -0.25) is 0 Å². The Morgan fingerprint density at radius 2 is 2.06 bits per heavy atom. The molecule has 0 spiro atoms. The molecule has 3 nitrogen and oxygen atoms in total. The third kappa shape index (κ3) is 2.20. The molecule has 0 saturated carbocycles. The van der Waals surface area contributed by atoms with Gasteiger partial charge in [0.25, 0.3) is 0 Å². The molecule has 0 bridgehead atoms. The number of hydrogen-bond acceptors (Lipinski definition) is 1. The highest BCUT2D eigenvalue weighted by Gasteiger charge is 2.12. The zero-order chi connectivity index (χ0) is 12.4. The molecule has 2 aromatic rings. The molecule has 0 radical (unpaired) electrons. The number of nitrogens with zero attached hydrogens (tertiary/aromatic N) is 1. The first-order valence-electron chi connectivity index (χ1n) is 5.22. The van der Waals surface area contributed by atoms with Crippen LogP contribution in [-0.4, -0.2) is 15.6 Å². The minimum atomic E-state index is -0.963. The van der Waals surface area contributed by atoms with Gasteiger partial charge >= 0.3 is 5.97 Å². The van der Waals surface area contributed by atoms with Crippen molar-refractivity contribution in [1.82, 2.24) is 4.57 Å². The summed E-state index contributed by atoms with van der Waals surface area (Å²) in [5, 5.41) is 8.91. The van der Waals surface area contributed by atoms with E-state index in [1.54, 1.807) is 35.9 Å². The van der Waals surface area contributed by atoms with E-state index < -0.39 is 5.97 Å². The molecule has 2 rings (SSSR count). The highest BCUT2D eigenvalue weighted by Crippen LogP contribution is 2.14. The smallest absolute Gasteiger partial charge is 0.337 e. The minimum absolute atomic E-state index is 0.251. The van der Waals surface area contributed by atoms with Gasteiger partial charge in [-0.2, -0.15) is 0 Å². The highest BCUT2D eigenvalue weighted by molar-refractivity contribution is 5.88. The van der Waals surface area contributed by atoms with Crippen molar-refractivity contribution in [2.45, 2.75) is 13.5 Å². The second-order valence-electron chi connectivity index (χ2n) is 3.84. The fraction of sp³-hybridized carbons (Fsp3) is 0.154. The lowest BCUT2D eigenvalue weighted by Crippen LogP contribution is -2.05. The van der Waals surface area contributed by atoms with Gasteiger partial charge in [-0.25, -0.2) is 9.18 Å². The van der Waals surface area contributed by atoms with Crippen LogP contribution in [0.2, 0.25) is 0 Å². The van der Waals surface area contributed by atoms with Crippen LogP contribution < -0.4 is 0 Å². The molecule has 0 aliphatic heterocycles. The number of carboxylic acids is 1. The Balaban J connectivity index is 2.31. The lowest BCUT2D eigenvalue weighted by Gasteiger charge is -2.07. The molecule has 0 atom stereocenters. The summed E-state index contributed by atoms with van der Waals surface area (Å²) >= 11 is 0. The van der Waals surface area contributed by atoms with E-state index >= 15 is 0 Å². The van der Waals surface area contributed by atoms with Gasteiger partial charge in [0.05, 0.1) is 12.1 Å². The second kappa shape index (κ2) is 4.41. The quantitative estimate of drug-likeness (QED) is 0.885. The molecule has 1 aromatic carbocycles. The SMILES string of the molecule is Cc1c(C(=O)O)ccn1Cc1ccccc1F. The summed E-state index contributed by atoms with van der Waals surface area (Å²) in [6.45, 7) is 2.05. The van der Waals surface area contributed by atoms with Crippen molar-refractivity contribution in [3.8, 4) is 0 Å². The van der Waals surface area contributed by atoms with Crippen molar-refractivity contribution >= 4 is 5.97 Å². The van der Waals surface area contributed by atoms with Crippen LogP contribution in [0, 0.1) is 12.7 Å². The molecule has 0 fully saturated rings. The van der Waals surface area contributed by atoms with Gasteiger partial charge in [0.2, 0.25) is 0 Å². The molecule has 0 aliphatic carbocycles. The Hall–Kier alpha value is -2.10. The number of aromatic carboxylic acids is 1. The van der Waals surface area contributed by atoms with E-state index in [4.69, 9.17) is 5.11 Å². The monoisotopic (exact) mass is 233 g/mol. The topological polar surface area (TPSA) is 42.2 Å². The summed E-state index contributed by atoms with van der Waals surface area (Å²) in [5.74, 6) is -1.24. The Morgan fingerprint density at radius 3 is 2.65 bits per heavy atom. The average molecular weight is 233 g/mol. The predicted octanol–water partition coefficient (Wildman–Crippen LogP) is 2.68. The van der Waals surface area contributed by atoms with E-state index in [0.29, 0.717) is 17.8 Å². The van der Waals surface area contributed by atoms with Gasteiger partial charge in [-0.1, -0.05) is 18.2 Å². The van der Waals surface area contributed by atoms with Crippen LogP contribution in [0.25, 0.3) is 0 Å². The molecular weight excluding hydrogens is 221 g/mol. The van der Waals surface area contributed by atoms with Crippen molar-refractivity contribution in [2.24, 2.45) is 0 Å². The van der Waals surface area contributed by atoms with Gasteiger partial charge in [0, 0.05) is 17.5 Å². The van der Waals surface area contributed by atoms with Crippen molar-refractivity contribution in [1.29, 1.82) is 0 Å². The number of halogens is 1. The molecule has 0 amide bonds. The highest BCUT2D eigenvalue weighted by atomic mass is 19.1. The molecule has 0 saturated heterocycles. The summed E-state index contributed by atoms with van der Waals surface area (Å²) in [4.78, 5) is 10.9. The largest absolute Gasteiger partial charge is 0.478 e. The fourth-order valence-electron chi connectivity index (χ4n) is 1.76. The Kier molecular flexibility index (Phi) is 2.95. The lowest BCUT2D eigenvalue weighted by molar-refractivity contribution is 0.0696. The Bertz CT molecular complexity index is 560. The molecule has 0 unspecified atom stereocenters. The van der Waals surface area contributed by atoms with Crippen molar-refractivity contribution in [3.63, 3.8) is 0 Å². The summed E-state index contributed by atoms with van der Waals surface area (Å²) in [6, 6.07) is 8.00. The first-order valence-corrected chi connectivity index (χ1v) is 5.22. The summed E-state index contributed by atoms with van der Waals surface area (Å²) in [5.41, 5.74) is 1.42. The first-order chi connectivity index (χ1) is 8.09. The number of rotatable bonds is 3. The maximum Gasteiger partial charge on any atom is 0.337 e. The van der Waals surface area contributed by atoms with Crippen LogP contribution >= 0.6 is 0 Å². The molecule has 0 aliphatic rings. The number of aromatic nitrogens is 1. The van der Waals surface area contributed by atoms with E-state index in [2.05, 4.69) is 0 Å². The van der Waals surface area contributed by atoms with E-state index in [0.717, 1.165) is 0 Å². The maximum absolute atomic E-state index is 13.4. The van der Waals surface area contributed by atoms with Gasteiger partial charge < -0.3 is 9.67 Å². The third-order valence-electron chi connectivity index (χ3n) is 2.77. The van der Waals surface area contributed by atoms with E-state index in [-0.39, 0.29) is 11.4 Å². The zero-order valence-electron chi connectivity index (χ0n) is 9.35. The number of benzene rings is 1. The molecule has 1 heterocycles. The lowest BCUT2D eigenvalue weighted by atomic mass is 10.2. The van der Waals surface area contributed by atoms with Crippen LogP contribution in [0.4, 0.5) is 4.39 Å². The van der Waals surface area contributed by atoms with Crippen LogP contribution in [0.3, 0.4) is 0 Å². The number of hydrogen-bond donors (Lipinski definition) is 1. The standard InChI is InChI=1S/C13H12FNO2/c1-9-11(13(16)17)6-7-15(9)8-10-4-2-3-5-12(10)14/h2-7H,8H2,1H3,(H,16,17). The average Bonchev–Trinajstić information content (AvgIpc) is 2.64. The maximum atomic E-state index is 13.4. The van der Waals surface area contributed by atoms with Crippen LogP contribution in [0.15, 0.2) is 36.5 Å². The Labute approximate surface area is 98.1 Å². The van der Waals surface area contributed by atoms with Crippen LogP contribution in [0.1, 0.15) is 21.6 Å². The molecular formula is C13H12FNO2. The third-order valence-corrected chi connectivity index (χ3v) is 2.77. The van der Waals surface area contributed by atoms with Gasteiger partial charge in [-0.15, -0.1) is 0 Å². The van der Waals surface area contributed by atoms with E-state index in [1.165, 1.54) is 12.1 Å². The molecule has 4 heteroatoms. The fourth-order valence-corrected chi connectivity index (χ4v) is 1.76. The van der Waals surface area contributed by atoms with Crippen molar-refractivity contribution in [2.75, 3.05) is 0 Å². The molecule has 17 heavy (non-hydrogen) atoms. The first kappa shape index (κ1) is 11.4. The summed E-state index contributed by atoms with van der Waals surface area (Å²) in [7, 11) is 0. The van der Waals surface area contributed by atoms with Crippen LogP contribution in [0.5, 0.6) is 0 Å². The van der Waals surface area contributed by atoms with Gasteiger partial charge in [-0.05, 0) is 19.1 Å². The zero-order valence-corrected chi connectivity index (χ0v) is 9.35. The van der Waals surface area contributed by atoms with Crippen LogP contribution in [-0.2, 0) is 6.54 Å². The van der Waals surface area contributed by atoms with Crippen molar-refractivity contribution in [3.05, 3.63) is 59.2 Å². The molecule has 88 valence electrons. The van der Waals surface area contributed by atoms with E-state index in [9.17, 15) is 9.18 Å². The normalized spacial score (nSPS) is 10.5.